The van der Waals surface area contributed by atoms with E-state index in [4.69, 9.17) is 5.73 Å². The van der Waals surface area contributed by atoms with Crippen LogP contribution in [0.15, 0.2) is 0 Å². The number of halogens is 1. The van der Waals surface area contributed by atoms with E-state index in [0.717, 1.165) is 19.3 Å². The van der Waals surface area contributed by atoms with E-state index >= 15 is 0 Å². The average molecular weight is 145 g/mol. The number of nitrogens with two attached hydrogens (primary N) is 1. The minimum atomic E-state index is -0.963. The molecule has 2 N–H and O–H groups in total. The molecule has 1 nitrogen and oxygen atoms in total. The van der Waals surface area contributed by atoms with Crippen molar-refractivity contribution in [1.29, 1.82) is 0 Å². The van der Waals surface area contributed by atoms with Gasteiger partial charge < -0.3 is 5.73 Å². The lowest BCUT2D eigenvalue weighted by atomic mass is 10.1. The topological polar surface area (TPSA) is 26.0 Å². The van der Waals surface area contributed by atoms with Gasteiger partial charge in [-0.15, -0.1) is 0 Å². The van der Waals surface area contributed by atoms with Gasteiger partial charge in [-0.05, 0) is 6.42 Å². The van der Waals surface area contributed by atoms with Crippen molar-refractivity contribution in [2.24, 2.45) is 5.73 Å². The quantitative estimate of drug-likeness (QED) is 0.602. The molecule has 0 spiro atoms. The summed E-state index contributed by atoms with van der Waals surface area (Å²) in [4.78, 5) is 0. The third-order valence-electron chi connectivity index (χ3n) is 2.26. The van der Waals surface area contributed by atoms with Gasteiger partial charge >= 0.3 is 0 Å². The highest BCUT2D eigenvalue weighted by Gasteiger charge is 2.52. The molecule has 0 aliphatic heterocycles. The Hall–Kier alpha value is -0.110. The first-order valence-corrected chi connectivity index (χ1v) is 4.13. The van der Waals surface area contributed by atoms with Crippen molar-refractivity contribution in [3.8, 4) is 0 Å². The number of rotatable bonds is 4. The normalized spacial score (nSPS) is 38.1. The molecular formula is C8H16FN. The van der Waals surface area contributed by atoms with Gasteiger partial charge in [-0.3, -0.25) is 0 Å². The molecule has 1 aliphatic rings. The van der Waals surface area contributed by atoms with Gasteiger partial charge in [0.1, 0.15) is 5.67 Å². The van der Waals surface area contributed by atoms with E-state index in [0.29, 0.717) is 12.8 Å². The molecule has 0 saturated heterocycles. The molecule has 0 amide bonds. The van der Waals surface area contributed by atoms with Crippen molar-refractivity contribution >= 4 is 0 Å². The predicted octanol–water partition coefficient (Wildman–Crippen LogP) is 2.01. The summed E-state index contributed by atoms with van der Waals surface area (Å²) in [6.07, 6.45) is 4.57. The zero-order valence-corrected chi connectivity index (χ0v) is 6.57. The van der Waals surface area contributed by atoms with E-state index in [2.05, 4.69) is 6.92 Å². The van der Waals surface area contributed by atoms with Crippen LogP contribution in [-0.4, -0.2) is 11.7 Å². The molecular weight excluding hydrogens is 129 g/mol. The summed E-state index contributed by atoms with van der Waals surface area (Å²) in [5.41, 5.74) is 4.44. The largest absolute Gasteiger partial charge is 0.325 e. The van der Waals surface area contributed by atoms with Crippen LogP contribution in [0.25, 0.3) is 0 Å². The van der Waals surface area contributed by atoms with Crippen molar-refractivity contribution in [3.05, 3.63) is 0 Å². The summed E-state index contributed by atoms with van der Waals surface area (Å²) < 4.78 is 13.1. The highest BCUT2D eigenvalue weighted by atomic mass is 19.1. The monoisotopic (exact) mass is 145 g/mol. The Balaban J connectivity index is 2.03. The lowest BCUT2D eigenvalue weighted by Crippen LogP contribution is -2.14. The molecule has 10 heavy (non-hydrogen) atoms. The molecule has 0 heterocycles. The fourth-order valence-corrected chi connectivity index (χ4v) is 1.26. The van der Waals surface area contributed by atoms with Crippen LogP contribution >= 0.6 is 0 Å². The Morgan fingerprint density at radius 3 is 2.60 bits per heavy atom. The van der Waals surface area contributed by atoms with E-state index in [1.807, 2.05) is 0 Å². The lowest BCUT2D eigenvalue weighted by Gasteiger charge is -2.03. The van der Waals surface area contributed by atoms with Gasteiger partial charge in [0.2, 0.25) is 0 Å². The van der Waals surface area contributed by atoms with Gasteiger partial charge in [0.05, 0.1) is 0 Å². The first-order chi connectivity index (χ1) is 4.69. The standard InChI is InChI=1S/C8H16FN/c1-2-3-4-5-8(9)6-7(8)10/h7H,2-6,10H2,1H3. The second kappa shape index (κ2) is 2.87. The Morgan fingerprint density at radius 2 is 2.20 bits per heavy atom. The van der Waals surface area contributed by atoms with Gasteiger partial charge in [-0.2, -0.15) is 0 Å². The fourth-order valence-electron chi connectivity index (χ4n) is 1.26. The van der Waals surface area contributed by atoms with Crippen LogP contribution in [0.5, 0.6) is 0 Å². The van der Waals surface area contributed by atoms with Crippen LogP contribution in [0.1, 0.15) is 39.0 Å². The summed E-state index contributed by atoms with van der Waals surface area (Å²) in [5, 5.41) is 0. The average Bonchev–Trinajstić information content (AvgIpc) is 2.42. The van der Waals surface area contributed by atoms with Gasteiger partial charge in [-0.25, -0.2) is 4.39 Å². The second-order valence-electron chi connectivity index (χ2n) is 3.30. The molecule has 1 aliphatic carbocycles. The number of unbranched alkanes of at least 4 members (excludes halogenated alkanes) is 2. The van der Waals surface area contributed by atoms with Crippen LogP contribution in [0.3, 0.4) is 0 Å². The van der Waals surface area contributed by atoms with Crippen LogP contribution < -0.4 is 5.73 Å². The second-order valence-corrected chi connectivity index (χ2v) is 3.30. The van der Waals surface area contributed by atoms with E-state index in [1.165, 1.54) is 0 Å². The van der Waals surface area contributed by atoms with Gasteiger partial charge in [0.25, 0.3) is 0 Å². The third kappa shape index (κ3) is 1.69. The summed E-state index contributed by atoms with van der Waals surface area (Å²) >= 11 is 0. The number of alkyl halides is 1. The Morgan fingerprint density at radius 1 is 1.60 bits per heavy atom. The Bertz CT molecular complexity index is 116. The smallest absolute Gasteiger partial charge is 0.127 e. The van der Waals surface area contributed by atoms with E-state index in [9.17, 15) is 4.39 Å². The Kier molecular flexibility index (Phi) is 2.29. The summed E-state index contributed by atoms with van der Waals surface area (Å²) in [6.45, 7) is 2.12. The highest BCUT2D eigenvalue weighted by Crippen LogP contribution is 2.42. The van der Waals surface area contributed by atoms with Crippen LogP contribution in [0.2, 0.25) is 0 Å². The summed E-state index contributed by atoms with van der Waals surface area (Å²) in [5.74, 6) is 0. The first kappa shape index (κ1) is 7.99. The third-order valence-corrected chi connectivity index (χ3v) is 2.26. The minimum Gasteiger partial charge on any atom is -0.325 e. The van der Waals surface area contributed by atoms with Crippen LogP contribution in [0, 0.1) is 0 Å². The molecule has 1 rings (SSSR count). The maximum Gasteiger partial charge on any atom is 0.127 e. The van der Waals surface area contributed by atoms with Crippen molar-refractivity contribution in [2.75, 3.05) is 0 Å². The number of hydrogen-bond acceptors (Lipinski definition) is 1. The Labute approximate surface area is 61.8 Å². The molecule has 1 fully saturated rings. The van der Waals surface area contributed by atoms with E-state index in [1.54, 1.807) is 0 Å². The molecule has 1 saturated carbocycles. The molecule has 0 aromatic carbocycles. The highest BCUT2D eigenvalue weighted by molar-refractivity contribution is 5.07. The molecule has 0 aromatic heterocycles. The van der Waals surface area contributed by atoms with E-state index < -0.39 is 5.67 Å². The number of hydrogen-bond donors (Lipinski definition) is 1. The molecule has 0 aromatic rings. The van der Waals surface area contributed by atoms with Crippen molar-refractivity contribution in [3.63, 3.8) is 0 Å². The molecule has 60 valence electrons. The predicted molar refractivity (Wildman–Crippen MR) is 40.6 cm³/mol. The van der Waals surface area contributed by atoms with E-state index in [-0.39, 0.29) is 6.04 Å². The minimum absolute atomic E-state index is 0.149. The van der Waals surface area contributed by atoms with Crippen molar-refractivity contribution in [1.82, 2.24) is 0 Å². The van der Waals surface area contributed by atoms with Crippen LogP contribution in [-0.2, 0) is 0 Å². The van der Waals surface area contributed by atoms with Crippen molar-refractivity contribution < 1.29 is 4.39 Å². The molecule has 2 atom stereocenters. The molecule has 2 unspecified atom stereocenters. The lowest BCUT2D eigenvalue weighted by molar-refractivity contribution is 0.271. The summed E-state index contributed by atoms with van der Waals surface area (Å²) in [6, 6.07) is -0.149. The zero-order valence-electron chi connectivity index (χ0n) is 6.57. The van der Waals surface area contributed by atoms with Crippen molar-refractivity contribution in [2.45, 2.75) is 50.7 Å². The summed E-state index contributed by atoms with van der Waals surface area (Å²) in [7, 11) is 0. The SMILES string of the molecule is CCCCCC1(F)CC1N. The van der Waals surface area contributed by atoms with Crippen LogP contribution in [0.4, 0.5) is 4.39 Å². The molecule has 0 bridgehead atoms. The maximum atomic E-state index is 13.1. The molecule has 0 radical (unpaired) electrons. The van der Waals surface area contributed by atoms with Gasteiger partial charge in [0.15, 0.2) is 0 Å². The fraction of sp³-hybridized carbons (Fsp3) is 1.00. The first-order valence-electron chi connectivity index (χ1n) is 4.13. The van der Waals surface area contributed by atoms with Gasteiger partial charge in [0, 0.05) is 12.5 Å². The maximum absolute atomic E-state index is 13.1. The van der Waals surface area contributed by atoms with Gasteiger partial charge in [-0.1, -0.05) is 26.2 Å². The zero-order chi connectivity index (χ0) is 7.61. The molecule has 2 heteroatoms.